The Morgan fingerprint density at radius 2 is 1.71 bits per heavy atom. The second kappa shape index (κ2) is 9.56. The van der Waals surface area contributed by atoms with Gasteiger partial charge in [0.05, 0.1) is 15.3 Å². The summed E-state index contributed by atoms with van der Waals surface area (Å²) in [7, 11) is 0. The summed E-state index contributed by atoms with van der Waals surface area (Å²) in [6.45, 7) is 4.80. The van der Waals surface area contributed by atoms with Crippen molar-refractivity contribution in [1.29, 1.82) is 5.41 Å². The van der Waals surface area contributed by atoms with Crippen molar-refractivity contribution in [3.05, 3.63) is 63.2 Å². The average molecular weight is 399 g/mol. The van der Waals surface area contributed by atoms with Crippen LogP contribution in [0.5, 0.6) is 0 Å². The number of pyridine rings is 1. The molecule has 0 bridgehead atoms. The Balaban J connectivity index is 1.96. The summed E-state index contributed by atoms with van der Waals surface area (Å²) < 4.78 is 0. The van der Waals surface area contributed by atoms with Gasteiger partial charge in [0.2, 0.25) is 0 Å². The van der Waals surface area contributed by atoms with Gasteiger partial charge in [-0.05, 0) is 44.5 Å². The number of carbonyl (C=O) groups is 3. The van der Waals surface area contributed by atoms with E-state index in [1.54, 1.807) is 37.5 Å². The van der Waals surface area contributed by atoms with Crippen LogP contribution in [0.1, 0.15) is 45.7 Å². The molecule has 0 radical (unpaired) electrons. The molecule has 2 aromatic rings. The summed E-state index contributed by atoms with van der Waals surface area (Å²) in [5, 5.41) is 10.4. The number of hydrazine groups is 1. The van der Waals surface area contributed by atoms with Gasteiger partial charge in [0.1, 0.15) is 0 Å². The molecule has 2 heterocycles. The van der Waals surface area contributed by atoms with Crippen LogP contribution >= 0.6 is 11.3 Å². The fraction of sp³-hybridized carbons (Fsp3) is 0.211. The number of ketones is 1. The lowest BCUT2D eigenvalue weighted by Gasteiger charge is -2.11. The molecule has 0 aliphatic carbocycles. The van der Waals surface area contributed by atoms with Crippen LogP contribution in [0.2, 0.25) is 0 Å². The zero-order chi connectivity index (χ0) is 20.7. The molecule has 0 saturated heterocycles. The maximum atomic E-state index is 12.3. The highest BCUT2D eigenvalue weighted by Gasteiger charge is 2.15. The molecule has 0 unspecified atom stereocenters. The van der Waals surface area contributed by atoms with Crippen LogP contribution in [0.4, 0.5) is 0 Å². The van der Waals surface area contributed by atoms with E-state index in [1.165, 1.54) is 13.8 Å². The Bertz CT molecular complexity index is 918. The number of carbonyl (C=O) groups excluding carboxylic acids is 3. The second-order valence-electron chi connectivity index (χ2n) is 5.97. The van der Waals surface area contributed by atoms with Crippen molar-refractivity contribution in [3.63, 3.8) is 0 Å². The van der Waals surface area contributed by atoms with Crippen molar-refractivity contribution in [1.82, 2.24) is 21.2 Å². The number of Topliss-reactive ketones (excluding diaryl/α,β-unsaturated/α-hetero) is 1. The smallest absolute Gasteiger partial charge is 0.279 e. The van der Waals surface area contributed by atoms with Gasteiger partial charge in [-0.3, -0.25) is 24.8 Å². The second-order valence-corrected chi connectivity index (χ2v) is 7.05. The monoisotopic (exact) mass is 399 g/mol. The van der Waals surface area contributed by atoms with Crippen molar-refractivity contribution in [2.24, 2.45) is 0 Å². The molecule has 0 fully saturated rings. The van der Waals surface area contributed by atoms with Gasteiger partial charge in [-0.2, -0.15) is 0 Å². The predicted molar refractivity (Wildman–Crippen MR) is 107 cm³/mol. The van der Waals surface area contributed by atoms with E-state index in [9.17, 15) is 14.4 Å². The number of nitrogens with zero attached hydrogens (tertiary/aromatic N) is 1. The predicted octanol–water partition coefficient (Wildman–Crippen LogP) is 2.21. The van der Waals surface area contributed by atoms with Gasteiger partial charge in [0.15, 0.2) is 5.78 Å². The van der Waals surface area contributed by atoms with Gasteiger partial charge >= 0.3 is 0 Å². The molecule has 0 saturated carbocycles. The van der Waals surface area contributed by atoms with Crippen molar-refractivity contribution in [2.45, 2.75) is 27.3 Å². The molecule has 8 nitrogen and oxygen atoms in total. The number of hydrogen-bond acceptors (Lipinski definition) is 7. The summed E-state index contributed by atoms with van der Waals surface area (Å²) in [6, 6.07) is 6.76. The van der Waals surface area contributed by atoms with Crippen LogP contribution < -0.4 is 16.2 Å². The van der Waals surface area contributed by atoms with Crippen molar-refractivity contribution < 1.29 is 14.4 Å². The highest BCUT2D eigenvalue weighted by atomic mass is 32.1. The molecule has 0 aliphatic rings. The maximum Gasteiger partial charge on any atom is 0.279 e. The lowest BCUT2D eigenvalue weighted by molar-refractivity contribution is -0.113. The molecule has 28 heavy (non-hydrogen) atoms. The van der Waals surface area contributed by atoms with E-state index in [4.69, 9.17) is 5.41 Å². The first kappa shape index (κ1) is 21.0. The van der Waals surface area contributed by atoms with Crippen molar-refractivity contribution in [2.75, 3.05) is 0 Å². The minimum absolute atomic E-state index is 0.107. The third-order valence-electron chi connectivity index (χ3n) is 3.70. The van der Waals surface area contributed by atoms with E-state index in [-0.39, 0.29) is 23.0 Å². The summed E-state index contributed by atoms with van der Waals surface area (Å²) in [5.41, 5.74) is 6.69. The first-order chi connectivity index (χ1) is 13.3. The Kier molecular flexibility index (Phi) is 7.16. The highest BCUT2D eigenvalue weighted by Crippen LogP contribution is 2.16. The van der Waals surface area contributed by atoms with E-state index in [0.717, 1.165) is 16.9 Å². The molecule has 2 aromatic heterocycles. The number of hydrogen-bond donors (Lipinski definition) is 4. The molecule has 0 spiro atoms. The molecule has 0 aliphatic heterocycles. The quantitative estimate of drug-likeness (QED) is 0.308. The maximum absolute atomic E-state index is 12.3. The highest BCUT2D eigenvalue weighted by molar-refractivity contribution is 7.15. The topological polar surface area (TPSA) is 124 Å². The fourth-order valence-corrected chi connectivity index (χ4v) is 3.26. The number of thiophene rings is 1. The molecule has 146 valence electrons. The molecule has 2 amide bonds. The number of nitrogens with one attached hydrogen (secondary N) is 4. The Hall–Kier alpha value is -3.33. The lowest BCUT2D eigenvalue weighted by Crippen LogP contribution is -2.37. The number of amides is 2. The Labute approximate surface area is 166 Å². The van der Waals surface area contributed by atoms with Crippen molar-refractivity contribution in [3.8, 4) is 0 Å². The molecule has 0 atom stereocenters. The molecule has 4 N–H and O–H groups in total. The van der Waals surface area contributed by atoms with E-state index in [1.807, 2.05) is 6.07 Å². The zero-order valence-electron chi connectivity index (χ0n) is 15.8. The third kappa shape index (κ3) is 5.58. The first-order valence-electron chi connectivity index (χ1n) is 8.40. The van der Waals surface area contributed by atoms with E-state index in [2.05, 4.69) is 21.2 Å². The van der Waals surface area contributed by atoms with Crippen LogP contribution in [0, 0.1) is 5.41 Å². The third-order valence-corrected chi connectivity index (χ3v) is 4.78. The van der Waals surface area contributed by atoms with E-state index < -0.39 is 5.91 Å². The largest absolute Gasteiger partial charge is 0.347 e. The average Bonchev–Trinajstić information content (AvgIpc) is 3.15. The Morgan fingerprint density at radius 3 is 2.29 bits per heavy atom. The minimum Gasteiger partial charge on any atom is -0.347 e. The van der Waals surface area contributed by atoms with E-state index in [0.29, 0.717) is 22.0 Å². The van der Waals surface area contributed by atoms with Gasteiger partial charge in [-0.1, -0.05) is 6.07 Å². The van der Waals surface area contributed by atoms with Gasteiger partial charge in [0.25, 0.3) is 11.8 Å². The minimum atomic E-state index is -0.443. The number of allylic oxidation sites excluding steroid dienone is 2. The summed E-state index contributed by atoms with van der Waals surface area (Å²) in [6.07, 6.45) is 3.32. The normalized spacial score (nSPS) is 11.2. The zero-order valence-corrected chi connectivity index (χ0v) is 16.6. The molecular formula is C19H21N5O3S. The molecular weight excluding hydrogens is 378 g/mol. The van der Waals surface area contributed by atoms with Crippen LogP contribution in [-0.2, 0) is 11.3 Å². The Morgan fingerprint density at radius 1 is 1.04 bits per heavy atom. The summed E-state index contributed by atoms with van der Waals surface area (Å²) in [4.78, 5) is 40.8. The number of rotatable bonds is 8. The van der Waals surface area contributed by atoms with Gasteiger partial charge < -0.3 is 16.2 Å². The van der Waals surface area contributed by atoms with Gasteiger partial charge in [0, 0.05) is 30.3 Å². The van der Waals surface area contributed by atoms with E-state index >= 15 is 0 Å². The van der Waals surface area contributed by atoms with Gasteiger partial charge in [-0.15, -0.1) is 11.3 Å². The van der Waals surface area contributed by atoms with Crippen LogP contribution in [0.25, 0.3) is 0 Å². The standard InChI is InChI=1S/C19H21N5O3S/c1-11(20)17(13(3)25)12(2)23-24-19(27)16-7-6-15(28-16)18(26)22-10-14-5-4-8-21-9-14/h4-9,20,23H,10H2,1-3H3,(H,22,26)(H,24,27)/b17-12-,20-11?. The summed E-state index contributed by atoms with van der Waals surface area (Å²) in [5.74, 6) is -0.994. The van der Waals surface area contributed by atoms with Gasteiger partial charge in [-0.25, -0.2) is 0 Å². The summed E-state index contributed by atoms with van der Waals surface area (Å²) >= 11 is 1.05. The molecule has 9 heteroatoms. The molecule has 0 aromatic carbocycles. The van der Waals surface area contributed by atoms with Crippen LogP contribution in [0.15, 0.2) is 47.9 Å². The molecule has 2 rings (SSSR count). The first-order valence-corrected chi connectivity index (χ1v) is 9.22. The lowest BCUT2D eigenvalue weighted by atomic mass is 10.1. The van der Waals surface area contributed by atoms with Crippen LogP contribution in [0.3, 0.4) is 0 Å². The SMILES string of the molecule is CC(=N)/C(C(C)=O)=C(\C)NNC(=O)c1ccc(C(=O)NCc2cccnc2)s1. The van der Waals surface area contributed by atoms with Crippen molar-refractivity contribution >= 4 is 34.6 Å². The fourth-order valence-electron chi connectivity index (χ4n) is 2.44. The van der Waals surface area contributed by atoms with Crippen LogP contribution in [-0.4, -0.2) is 28.3 Å². The number of aromatic nitrogens is 1.